The van der Waals surface area contributed by atoms with Crippen LogP contribution < -0.4 is 20.1 Å². The zero-order valence-electron chi connectivity index (χ0n) is 15.6. The maximum atomic E-state index is 12.4. The highest BCUT2D eigenvalue weighted by molar-refractivity contribution is 7.80. The molecular weight excluding hydrogens is 384 g/mol. The molecule has 0 bridgehead atoms. The smallest absolute Gasteiger partial charge is 0.267 e. The number of ether oxygens (including phenoxy) is 2. The lowest BCUT2D eigenvalue weighted by Crippen LogP contribution is -2.42. The Balaban J connectivity index is 1.26. The summed E-state index contributed by atoms with van der Waals surface area (Å²) >= 11 is 5.25. The summed E-state index contributed by atoms with van der Waals surface area (Å²) < 4.78 is 11.5. The van der Waals surface area contributed by atoms with Gasteiger partial charge in [0.15, 0.2) is 11.2 Å². The lowest BCUT2D eigenvalue weighted by Gasteiger charge is -2.14. The van der Waals surface area contributed by atoms with Crippen molar-refractivity contribution in [3.8, 4) is 11.5 Å². The van der Waals surface area contributed by atoms with Crippen LogP contribution in [-0.2, 0) is 17.8 Å². The molecule has 1 amide bonds. The number of fused-ring (bicyclic) bond motifs is 1. The first-order valence-corrected chi connectivity index (χ1v) is 9.71. The molecule has 4 rings (SSSR count). The summed E-state index contributed by atoms with van der Waals surface area (Å²) in [4.78, 5) is 12.4. The molecule has 29 heavy (non-hydrogen) atoms. The Morgan fingerprint density at radius 1 is 1.00 bits per heavy atom. The van der Waals surface area contributed by atoms with Crippen LogP contribution in [0.1, 0.15) is 11.1 Å². The van der Waals surface area contributed by atoms with Crippen molar-refractivity contribution in [1.29, 1.82) is 0 Å². The molecule has 0 fully saturated rings. The van der Waals surface area contributed by atoms with E-state index in [1.807, 2.05) is 78.9 Å². The molecule has 1 aliphatic heterocycles. The number of carbonyl (C=O) groups excluding carboxylic acids is 1. The summed E-state index contributed by atoms with van der Waals surface area (Å²) in [7, 11) is 0. The molecule has 6 heteroatoms. The van der Waals surface area contributed by atoms with Crippen LogP contribution in [0.15, 0.2) is 78.9 Å². The van der Waals surface area contributed by atoms with Crippen molar-refractivity contribution in [1.82, 2.24) is 5.32 Å². The van der Waals surface area contributed by atoms with E-state index < -0.39 is 6.10 Å². The van der Waals surface area contributed by atoms with Gasteiger partial charge in [0, 0.05) is 12.1 Å². The van der Waals surface area contributed by atoms with Crippen molar-refractivity contribution in [3.63, 3.8) is 0 Å². The van der Waals surface area contributed by atoms with Crippen LogP contribution in [-0.4, -0.2) is 17.1 Å². The van der Waals surface area contributed by atoms with Gasteiger partial charge in [0.05, 0.1) is 0 Å². The Labute approximate surface area is 174 Å². The van der Waals surface area contributed by atoms with Crippen LogP contribution in [0.3, 0.4) is 0 Å². The van der Waals surface area contributed by atoms with Gasteiger partial charge in [-0.2, -0.15) is 0 Å². The second-order valence-electron chi connectivity index (χ2n) is 6.66. The number of anilines is 1. The largest absolute Gasteiger partial charge is 0.489 e. The Bertz CT molecular complexity index is 981. The van der Waals surface area contributed by atoms with Crippen molar-refractivity contribution in [2.45, 2.75) is 19.1 Å². The minimum atomic E-state index is -0.569. The highest BCUT2D eigenvalue weighted by Gasteiger charge is 2.29. The van der Waals surface area contributed by atoms with Gasteiger partial charge in [-0.15, -0.1) is 0 Å². The Hall–Kier alpha value is -3.38. The maximum absolute atomic E-state index is 12.4. The number of amides is 1. The van der Waals surface area contributed by atoms with Gasteiger partial charge >= 0.3 is 0 Å². The van der Waals surface area contributed by atoms with Crippen LogP contribution in [0.2, 0.25) is 0 Å². The predicted octanol–water partition coefficient (Wildman–Crippen LogP) is 4.08. The molecule has 0 spiro atoms. The molecule has 0 aromatic heterocycles. The quantitative estimate of drug-likeness (QED) is 0.628. The second-order valence-corrected chi connectivity index (χ2v) is 7.07. The number of para-hydroxylation sites is 1. The van der Waals surface area contributed by atoms with Crippen molar-refractivity contribution < 1.29 is 14.3 Å². The Morgan fingerprint density at radius 2 is 1.72 bits per heavy atom. The van der Waals surface area contributed by atoms with Crippen LogP contribution in [0.25, 0.3) is 0 Å². The van der Waals surface area contributed by atoms with Crippen LogP contribution in [0.5, 0.6) is 11.5 Å². The number of benzene rings is 3. The van der Waals surface area contributed by atoms with Gasteiger partial charge in [-0.05, 0) is 53.7 Å². The lowest BCUT2D eigenvalue weighted by atomic mass is 10.1. The molecule has 0 aliphatic carbocycles. The third-order valence-electron chi connectivity index (χ3n) is 4.54. The van der Waals surface area contributed by atoms with Gasteiger partial charge in [-0.3, -0.25) is 10.1 Å². The predicted molar refractivity (Wildman–Crippen MR) is 116 cm³/mol. The molecule has 3 aromatic rings. The fourth-order valence-electron chi connectivity index (χ4n) is 3.06. The van der Waals surface area contributed by atoms with E-state index in [4.69, 9.17) is 21.7 Å². The minimum absolute atomic E-state index is 0.229. The normalized spacial score (nSPS) is 14.4. The molecule has 1 aliphatic rings. The second kappa shape index (κ2) is 8.75. The zero-order chi connectivity index (χ0) is 20.1. The molecule has 146 valence electrons. The number of nitrogens with one attached hydrogen (secondary N) is 2. The van der Waals surface area contributed by atoms with Crippen molar-refractivity contribution in [2.75, 3.05) is 5.32 Å². The van der Waals surface area contributed by atoms with Crippen LogP contribution >= 0.6 is 12.2 Å². The van der Waals surface area contributed by atoms with Crippen LogP contribution in [0, 0.1) is 0 Å². The number of rotatable bonds is 5. The third kappa shape index (κ3) is 4.92. The van der Waals surface area contributed by atoms with Gasteiger partial charge in [-0.25, -0.2) is 0 Å². The van der Waals surface area contributed by atoms with E-state index in [9.17, 15) is 4.79 Å². The van der Waals surface area contributed by atoms with Crippen molar-refractivity contribution in [3.05, 3.63) is 90.0 Å². The van der Waals surface area contributed by atoms with Crippen molar-refractivity contribution >= 4 is 28.9 Å². The van der Waals surface area contributed by atoms with E-state index >= 15 is 0 Å². The van der Waals surface area contributed by atoms with E-state index in [0.717, 1.165) is 28.3 Å². The molecule has 2 N–H and O–H groups in total. The van der Waals surface area contributed by atoms with Gasteiger partial charge in [0.2, 0.25) is 0 Å². The van der Waals surface area contributed by atoms with Gasteiger partial charge in [0.1, 0.15) is 18.1 Å². The van der Waals surface area contributed by atoms with E-state index in [2.05, 4.69) is 10.6 Å². The molecule has 1 atom stereocenters. The number of thiocarbonyl (C=S) groups is 1. The number of hydrogen-bond acceptors (Lipinski definition) is 4. The van der Waals surface area contributed by atoms with E-state index in [-0.39, 0.29) is 11.0 Å². The summed E-state index contributed by atoms with van der Waals surface area (Å²) in [6.45, 7) is 0.506. The van der Waals surface area contributed by atoms with Gasteiger partial charge in [0.25, 0.3) is 5.91 Å². The zero-order valence-corrected chi connectivity index (χ0v) is 16.4. The van der Waals surface area contributed by atoms with Gasteiger partial charge in [-0.1, -0.05) is 48.5 Å². The highest BCUT2D eigenvalue weighted by Crippen LogP contribution is 2.28. The number of carbonyl (C=O) groups is 1. The van der Waals surface area contributed by atoms with E-state index in [0.29, 0.717) is 13.0 Å². The summed E-state index contributed by atoms with van der Waals surface area (Å²) in [5.41, 5.74) is 2.89. The number of hydrogen-bond donors (Lipinski definition) is 2. The first-order valence-electron chi connectivity index (χ1n) is 9.30. The Morgan fingerprint density at radius 3 is 2.48 bits per heavy atom. The molecule has 5 nitrogen and oxygen atoms in total. The lowest BCUT2D eigenvalue weighted by molar-refractivity contribution is -0.125. The highest BCUT2D eigenvalue weighted by atomic mass is 32.1. The van der Waals surface area contributed by atoms with E-state index in [1.54, 1.807) is 0 Å². The van der Waals surface area contributed by atoms with Crippen molar-refractivity contribution in [2.24, 2.45) is 0 Å². The summed E-state index contributed by atoms with van der Waals surface area (Å²) in [5, 5.41) is 5.93. The molecule has 1 unspecified atom stereocenters. The first-order chi connectivity index (χ1) is 14.2. The van der Waals surface area contributed by atoms with Crippen LogP contribution in [0.4, 0.5) is 5.69 Å². The molecule has 0 saturated heterocycles. The molecular formula is C23H20N2O3S. The SMILES string of the molecule is O=C(NC(=S)Nc1ccc(OCc2ccccc2)cc1)C1Cc2ccccc2O1. The van der Waals surface area contributed by atoms with Gasteiger partial charge < -0.3 is 14.8 Å². The Kier molecular flexibility index (Phi) is 5.72. The monoisotopic (exact) mass is 404 g/mol. The molecule has 0 saturated carbocycles. The topological polar surface area (TPSA) is 59.6 Å². The average Bonchev–Trinajstić information content (AvgIpc) is 3.18. The summed E-state index contributed by atoms with van der Waals surface area (Å²) in [6.07, 6.45) is -0.0288. The average molecular weight is 404 g/mol. The summed E-state index contributed by atoms with van der Waals surface area (Å²) in [5.74, 6) is 1.24. The minimum Gasteiger partial charge on any atom is -0.489 e. The molecule has 0 radical (unpaired) electrons. The molecule has 3 aromatic carbocycles. The first kappa shape index (κ1) is 19.0. The summed E-state index contributed by atoms with van der Waals surface area (Å²) in [6, 6.07) is 25.0. The fraction of sp³-hybridized carbons (Fsp3) is 0.130. The third-order valence-corrected chi connectivity index (χ3v) is 4.74. The van der Waals surface area contributed by atoms with E-state index in [1.165, 1.54) is 0 Å². The molecule has 1 heterocycles. The fourth-order valence-corrected chi connectivity index (χ4v) is 3.28. The maximum Gasteiger partial charge on any atom is 0.267 e. The standard InChI is InChI=1S/C23H20N2O3S/c26-22(21-14-17-8-4-5-9-20(17)28-21)25-23(29)24-18-10-12-19(13-11-18)27-15-16-6-2-1-3-7-16/h1-13,21H,14-15H2,(H2,24,25,26,29).